The number of benzene rings is 1. The highest BCUT2D eigenvalue weighted by Crippen LogP contribution is 2.31. The Morgan fingerprint density at radius 2 is 2.27 bits per heavy atom. The lowest BCUT2D eigenvalue weighted by atomic mass is 10.3. The molecule has 2 rings (SSSR count). The number of anilines is 1. The molecule has 0 amide bonds. The highest BCUT2D eigenvalue weighted by molar-refractivity contribution is 9.10. The molecule has 0 aliphatic heterocycles. The number of methoxy groups -OCH3 is 1. The Morgan fingerprint density at radius 3 is 2.95 bits per heavy atom. The summed E-state index contributed by atoms with van der Waals surface area (Å²) in [5.41, 5.74) is 0. The molecule has 1 aromatic carbocycles. The van der Waals surface area contributed by atoms with Gasteiger partial charge in [0.15, 0.2) is 4.34 Å². The third-order valence-corrected chi connectivity index (χ3v) is 6.32. The van der Waals surface area contributed by atoms with E-state index in [1.165, 1.54) is 24.9 Å². The summed E-state index contributed by atoms with van der Waals surface area (Å²) in [6.45, 7) is 3.61. The predicted octanol–water partition coefficient (Wildman–Crippen LogP) is 3.39. The standard InChI is InChI=1S/C12H12BrN3O3S3/c1-3-6-20-12-15-14-11(21-12)16-22(17,18)10-7-8(13)4-5-9(10)19-2/h3-5,7H,1,6H2,2H3,(H,14,16). The first kappa shape index (κ1) is 17.3. The first-order valence-corrected chi connectivity index (χ1v) is 9.97. The van der Waals surface area contributed by atoms with Crippen LogP contribution in [0.4, 0.5) is 5.13 Å². The van der Waals surface area contributed by atoms with Crippen LogP contribution in [0.25, 0.3) is 0 Å². The second-order valence-corrected chi connectivity index (χ2v) is 8.68. The molecule has 0 radical (unpaired) electrons. The van der Waals surface area contributed by atoms with Crippen LogP contribution >= 0.6 is 39.0 Å². The topological polar surface area (TPSA) is 81.2 Å². The maximum Gasteiger partial charge on any atom is 0.267 e. The van der Waals surface area contributed by atoms with E-state index >= 15 is 0 Å². The summed E-state index contributed by atoms with van der Waals surface area (Å²) in [7, 11) is -2.40. The molecule has 0 fully saturated rings. The average Bonchev–Trinajstić information content (AvgIpc) is 2.91. The van der Waals surface area contributed by atoms with E-state index in [0.29, 0.717) is 14.6 Å². The molecule has 6 nitrogen and oxygen atoms in total. The Labute approximate surface area is 145 Å². The van der Waals surface area contributed by atoms with Gasteiger partial charge in [0, 0.05) is 10.2 Å². The van der Waals surface area contributed by atoms with Gasteiger partial charge in [0.1, 0.15) is 10.6 Å². The summed E-state index contributed by atoms with van der Waals surface area (Å²) in [5.74, 6) is 0.933. The number of rotatable bonds is 7. The van der Waals surface area contributed by atoms with E-state index in [9.17, 15) is 8.42 Å². The smallest absolute Gasteiger partial charge is 0.267 e. The van der Waals surface area contributed by atoms with Crippen LogP contribution < -0.4 is 9.46 Å². The summed E-state index contributed by atoms with van der Waals surface area (Å²) in [5, 5.41) is 7.94. The van der Waals surface area contributed by atoms with E-state index in [-0.39, 0.29) is 15.8 Å². The van der Waals surface area contributed by atoms with Crippen molar-refractivity contribution < 1.29 is 13.2 Å². The average molecular weight is 422 g/mol. The number of sulfonamides is 1. The van der Waals surface area contributed by atoms with Crippen LogP contribution in [-0.2, 0) is 10.0 Å². The van der Waals surface area contributed by atoms with Gasteiger partial charge in [-0.15, -0.1) is 16.8 Å². The summed E-state index contributed by atoms with van der Waals surface area (Å²) in [4.78, 5) is 0.0277. The van der Waals surface area contributed by atoms with Gasteiger partial charge in [-0.2, -0.15) is 0 Å². The van der Waals surface area contributed by atoms with Crippen molar-refractivity contribution in [3.05, 3.63) is 35.3 Å². The summed E-state index contributed by atoms with van der Waals surface area (Å²) in [6.07, 6.45) is 1.74. The van der Waals surface area contributed by atoms with Crippen molar-refractivity contribution in [2.75, 3.05) is 17.6 Å². The zero-order valence-corrected chi connectivity index (χ0v) is 15.5. The summed E-state index contributed by atoms with van der Waals surface area (Å²) < 4.78 is 33.7. The monoisotopic (exact) mass is 421 g/mol. The SMILES string of the molecule is C=CCSc1nnc(NS(=O)(=O)c2cc(Br)ccc2OC)s1. The second kappa shape index (κ2) is 7.44. The molecule has 1 heterocycles. The molecule has 0 bridgehead atoms. The molecule has 10 heteroatoms. The fraction of sp³-hybridized carbons (Fsp3) is 0.167. The minimum atomic E-state index is -3.81. The van der Waals surface area contributed by atoms with Gasteiger partial charge >= 0.3 is 0 Å². The molecule has 0 unspecified atom stereocenters. The molecule has 0 aliphatic carbocycles. The Balaban J connectivity index is 2.26. The lowest BCUT2D eigenvalue weighted by Crippen LogP contribution is -2.14. The Kier molecular flexibility index (Phi) is 5.84. The Bertz CT molecular complexity index is 777. The number of hydrogen-bond acceptors (Lipinski definition) is 7. The number of nitrogens with zero attached hydrogens (tertiary/aromatic N) is 2. The van der Waals surface area contributed by atoms with Crippen LogP contribution in [0.5, 0.6) is 5.75 Å². The first-order valence-electron chi connectivity index (χ1n) is 5.90. The maximum atomic E-state index is 12.5. The molecule has 0 spiro atoms. The van der Waals surface area contributed by atoms with Gasteiger partial charge in [-0.3, -0.25) is 4.72 Å². The van der Waals surface area contributed by atoms with E-state index in [1.54, 1.807) is 18.2 Å². The van der Waals surface area contributed by atoms with E-state index < -0.39 is 10.0 Å². The fourth-order valence-electron chi connectivity index (χ4n) is 1.47. The molecule has 22 heavy (non-hydrogen) atoms. The van der Waals surface area contributed by atoms with Crippen molar-refractivity contribution in [2.45, 2.75) is 9.24 Å². The molecule has 0 saturated carbocycles. The third-order valence-electron chi connectivity index (χ3n) is 2.37. The number of ether oxygens (including phenoxy) is 1. The molecular formula is C12H12BrN3O3S3. The maximum absolute atomic E-state index is 12.5. The van der Waals surface area contributed by atoms with Gasteiger partial charge in [-0.25, -0.2) is 8.42 Å². The minimum absolute atomic E-state index is 0.0277. The molecule has 0 aliphatic rings. The molecule has 0 saturated heterocycles. The highest BCUT2D eigenvalue weighted by Gasteiger charge is 2.22. The molecule has 2 aromatic rings. The van der Waals surface area contributed by atoms with Crippen molar-refractivity contribution >= 4 is 54.2 Å². The molecular weight excluding hydrogens is 410 g/mol. The second-order valence-electron chi connectivity index (χ2n) is 3.87. The van der Waals surface area contributed by atoms with Crippen molar-refractivity contribution in [1.29, 1.82) is 0 Å². The minimum Gasteiger partial charge on any atom is -0.495 e. The fourth-order valence-corrected chi connectivity index (χ4v) is 4.92. The van der Waals surface area contributed by atoms with Crippen LogP contribution in [0.2, 0.25) is 0 Å². The van der Waals surface area contributed by atoms with Crippen molar-refractivity contribution in [3.8, 4) is 5.75 Å². The van der Waals surface area contributed by atoms with Crippen LogP contribution in [0.1, 0.15) is 0 Å². The van der Waals surface area contributed by atoms with Gasteiger partial charge in [-0.05, 0) is 18.2 Å². The van der Waals surface area contributed by atoms with Gasteiger partial charge in [0.05, 0.1) is 7.11 Å². The quantitative estimate of drug-likeness (QED) is 0.544. The van der Waals surface area contributed by atoms with Crippen LogP contribution in [-0.4, -0.2) is 31.5 Å². The number of nitrogens with one attached hydrogen (secondary N) is 1. The number of hydrogen-bond donors (Lipinski definition) is 1. The predicted molar refractivity (Wildman–Crippen MR) is 92.3 cm³/mol. The molecule has 1 N–H and O–H groups in total. The zero-order valence-electron chi connectivity index (χ0n) is 11.4. The van der Waals surface area contributed by atoms with E-state index in [4.69, 9.17) is 4.74 Å². The van der Waals surface area contributed by atoms with E-state index in [2.05, 4.69) is 37.4 Å². The highest BCUT2D eigenvalue weighted by atomic mass is 79.9. The van der Waals surface area contributed by atoms with E-state index in [0.717, 1.165) is 11.3 Å². The lowest BCUT2D eigenvalue weighted by molar-refractivity contribution is 0.403. The van der Waals surface area contributed by atoms with Gasteiger partial charge in [0.2, 0.25) is 5.13 Å². The largest absolute Gasteiger partial charge is 0.495 e. The number of thioether (sulfide) groups is 1. The first-order chi connectivity index (χ1) is 10.5. The number of halogens is 1. The normalized spacial score (nSPS) is 11.2. The lowest BCUT2D eigenvalue weighted by Gasteiger charge is -2.09. The zero-order chi connectivity index (χ0) is 16.2. The van der Waals surface area contributed by atoms with Gasteiger partial charge in [0.25, 0.3) is 10.0 Å². The van der Waals surface area contributed by atoms with Crippen molar-refractivity contribution in [1.82, 2.24) is 10.2 Å². The molecule has 0 atom stereocenters. The summed E-state index contributed by atoms with van der Waals surface area (Å²) >= 11 is 5.85. The number of aromatic nitrogens is 2. The molecule has 118 valence electrons. The van der Waals surface area contributed by atoms with E-state index in [1.807, 2.05) is 0 Å². The Morgan fingerprint density at radius 1 is 1.50 bits per heavy atom. The van der Waals surface area contributed by atoms with Crippen molar-refractivity contribution in [2.24, 2.45) is 0 Å². The van der Waals surface area contributed by atoms with Crippen LogP contribution in [0.3, 0.4) is 0 Å². The van der Waals surface area contributed by atoms with Gasteiger partial charge < -0.3 is 4.74 Å². The van der Waals surface area contributed by atoms with Crippen LogP contribution in [0.15, 0.2) is 44.6 Å². The third kappa shape index (κ3) is 4.22. The summed E-state index contributed by atoms with van der Waals surface area (Å²) in [6, 6.07) is 4.74. The van der Waals surface area contributed by atoms with Crippen LogP contribution in [0, 0.1) is 0 Å². The Hall–Kier alpha value is -1.10. The molecule has 1 aromatic heterocycles. The van der Waals surface area contributed by atoms with Crippen molar-refractivity contribution in [3.63, 3.8) is 0 Å². The van der Waals surface area contributed by atoms with Gasteiger partial charge in [-0.1, -0.05) is 45.1 Å².